The number of carbonyl (C=O) groups excluding carboxylic acids is 1. The van der Waals surface area contributed by atoms with Gasteiger partial charge in [0.25, 0.3) is 0 Å². The van der Waals surface area contributed by atoms with Gasteiger partial charge < -0.3 is 15.8 Å². The minimum absolute atomic E-state index is 0. The van der Waals surface area contributed by atoms with E-state index in [4.69, 9.17) is 10.5 Å². The Morgan fingerprint density at radius 1 is 1.38 bits per heavy atom. The molecule has 2 aromatic rings. The van der Waals surface area contributed by atoms with Crippen molar-refractivity contribution in [3.8, 4) is 11.8 Å². The van der Waals surface area contributed by atoms with E-state index in [1.54, 1.807) is 42.4 Å². The number of rotatable bonds is 7. The lowest BCUT2D eigenvalue weighted by Crippen LogP contribution is -2.36. The van der Waals surface area contributed by atoms with E-state index in [0.29, 0.717) is 12.2 Å². The Hall–Kier alpha value is -1.83. The van der Waals surface area contributed by atoms with Gasteiger partial charge in [-0.2, -0.15) is 11.8 Å². The molecule has 0 aliphatic heterocycles. The zero-order chi connectivity index (χ0) is 16.7. The van der Waals surface area contributed by atoms with Crippen LogP contribution in [-0.2, 0) is 4.79 Å². The zero-order valence-electron chi connectivity index (χ0n) is 13.6. The number of aromatic nitrogens is 2. The average Bonchev–Trinajstić information content (AvgIpc) is 2.56. The topological polar surface area (TPSA) is 90.1 Å². The normalized spacial score (nSPS) is 11.3. The van der Waals surface area contributed by atoms with Crippen LogP contribution in [0.5, 0.6) is 11.8 Å². The Labute approximate surface area is 152 Å². The summed E-state index contributed by atoms with van der Waals surface area (Å²) < 4.78 is 5.56. The number of anilines is 1. The van der Waals surface area contributed by atoms with Crippen LogP contribution in [0.3, 0.4) is 0 Å². The number of ether oxygens (including phenoxy) is 1. The molecule has 1 aromatic heterocycles. The molecule has 0 unspecified atom stereocenters. The van der Waals surface area contributed by atoms with Crippen LogP contribution in [0, 0.1) is 6.92 Å². The van der Waals surface area contributed by atoms with Crippen LogP contribution in [0.15, 0.2) is 36.7 Å². The molecule has 0 saturated carbocycles. The highest BCUT2D eigenvalue weighted by Gasteiger charge is 2.14. The molecule has 130 valence electrons. The van der Waals surface area contributed by atoms with Crippen LogP contribution < -0.4 is 15.8 Å². The second kappa shape index (κ2) is 10.1. The maximum absolute atomic E-state index is 12.0. The van der Waals surface area contributed by atoms with Gasteiger partial charge in [-0.1, -0.05) is 0 Å². The summed E-state index contributed by atoms with van der Waals surface area (Å²) in [7, 11) is 0. The first-order valence-corrected chi connectivity index (χ1v) is 8.60. The van der Waals surface area contributed by atoms with Gasteiger partial charge in [-0.25, -0.2) is 9.97 Å². The van der Waals surface area contributed by atoms with Crippen molar-refractivity contribution >= 4 is 35.8 Å². The molecule has 0 radical (unpaired) electrons. The molecule has 0 aliphatic rings. The van der Waals surface area contributed by atoms with Gasteiger partial charge in [-0.15, -0.1) is 12.4 Å². The average molecular weight is 369 g/mol. The highest BCUT2D eigenvalue weighted by Crippen LogP contribution is 2.24. The minimum atomic E-state index is -0.504. The number of amides is 1. The second-order valence-electron chi connectivity index (χ2n) is 4.99. The Balaban J connectivity index is 0.00000288. The van der Waals surface area contributed by atoms with Crippen LogP contribution in [0.2, 0.25) is 0 Å². The standard InChI is InChI=1S/C16H20N4O2S.ClH/c1-11-10-12(22-16-18-7-3-8-19-16)4-5-14(11)20-15(21)13(17)6-9-23-2;/h3-5,7-8,10,13H,6,9,17H2,1-2H3,(H,20,21);1H/t13-;/m0./s1. The number of nitrogens with one attached hydrogen (secondary N) is 1. The number of nitrogens with zero attached hydrogens (tertiary/aromatic N) is 2. The third kappa shape index (κ3) is 5.99. The van der Waals surface area contributed by atoms with Gasteiger partial charge in [0.05, 0.1) is 6.04 Å². The van der Waals surface area contributed by atoms with Gasteiger partial charge in [0.2, 0.25) is 5.91 Å². The number of benzene rings is 1. The van der Waals surface area contributed by atoms with Gasteiger partial charge in [0.1, 0.15) is 5.75 Å². The fourth-order valence-electron chi connectivity index (χ4n) is 1.88. The number of carbonyl (C=O) groups is 1. The van der Waals surface area contributed by atoms with Gasteiger partial charge in [0.15, 0.2) is 0 Å². The fraction of sp³-hybridized carbons (Fsp3) is 0.312. The van der Waals surface area contributed by atoms with Crippen molar-refractivity contribution in [1.82, 2.24) is 9.97 Å². The molecule has 0 spiro atoms. The van der Waals surface area contributed by atoms with E-state index in [1.807, 2.05) is 19.2 Å². The molecule has 0 saturated heterocycles. The smallest absolute Gasteiger partial charge is 0.321 e. The quantitative estimate of drug-likeness (QED) is 0.780. The summed E-state index contributed by atoms with van der Waals surface area (Å²) in [6.45, 7) is 1.89. The summed E-state index contributed by atoms with van der Waals surface area (Å²) in [5, 5.41) is 2.85. The highest BCUT2D eigenvalue weighted by atomic mass is 35.5. The molecule has 24 heavy (non-hydrogen) atoms. The first-order chi connectivity index (χ1) is 11.1. The van der Waals surface area contributed by atoms with Crippen molar-refractivity contribution < 1.29 is 9.53 Å². The molecular formula is C16H21ClN4O2S. The largest absolute Gasteiger partial charge is 0.424 e. The van der Waals surface area contributed by atoms with E-state index in [1.165, 1.54) is 0 Å². The maximum atomic E-state index is 12.0. The van der Waals surface area contributed by atoms with Crippen LogP contribution in [0.1, 0.15) is 12.0 Å². The van der Waals surface area contributed by atoms with E-state index < -0.39 is 6.04 Å². The molecule has 8 heteroatoms. The third-order valence-electron chi connectivity index (χ3n) is 3.18. The lowest BCUT2D eigenvalue weighted by atomic mass is 10.1. The van der Waals surface area contributed by atoms with Crippen molar-refractivity contribution in [3.05, 3.63) is 42.2 Å². The monoisotopic (exact) mass is 368 g/mol. The molecule has 1 amide bonds. The molecule has 1 heterocycles. The van der Waals surface area contributed by atoms with Crippen LogP contribution >= 0.6 is 24.2 Å². The summed E-state index contributed by atoms with van der Waals surface area (Å²) in [6.07, 6.45) is 5.86. The van der Waals surface area contributed by atoms with Crippen molar-refractivity contribution in [1.29, 1.82) is 0 Å². The number of nitrogens with two attached hydrogens (primary N) is 1. The SMILES string of the molecule is CSCC[C@H](N)C(=O)Nc1ccc(Oc2ncccn2)cc1C.Cl. The van der Waals surface area contributed by atoms with E-state index in [2.05, 4.69) is 15.3 Å². The van der Waals surface area contributed by atoms with E-state index in [-0.39, 0.29) is 24.3 Å². The minimum Gasteiger partial charge on any atom is -0.424 e. The number of hydrogen-bond acceptors (Lipinski definition) is 6. The van der Waals surface area contributed by atoms with Gasteiger partial charge in [-0.05, 0) is 55.2 Å². The first kappa shape index (κ1) is 20.2. The lowest BCUT2D eigenvalue weighted by Gasteiger charge is -2.14. The van der Waals surface area contributed by atoms with Crippen molar-refractivity contribution in [2.75, 3.05) is 17.3 Å². The van der Waals surface area contributed by atoms with Crippen molar-refractivity contribution in [3.63, 3.8) is 0 Å². The Bertz CT molecular complexity index is 658. The van der Waals surface area contributed by atoms with Crippen molar-refractivity contribution in [2.24, 2.45) is 5.73 Å². The van der Waals surface area contributed by atoms with E-state index in [0.717, 1.165) is 17.0 Å². The van der Waals surface area contributed by atoms with Gasteiger partial charge in [-0.3, -0.25) is 4.79 Å². The summed E-state index contributed by atoms with van der Waals surface area (Å²) in [5.41, 5.74) is 7.46. The lowest BCUT2D eigenvalue weighted by molar-refractivity contribution is -0.117. The molecule has 0 aliphatic carbocycles. The van der Waals surface area contributed by atoms with Crippen LogP contribution in [-0.4, -0.2) is 33.9 Å². The fourth-order valence-corrected chi connectivity index (χ4v) is 2.37. The van der Waals surface area contributed by atoms with Gasteiger partial charge in [0, 0.05) is 18.1 Å². The molecule has 1 aromatic carbocycles. The Morgan fingerprint density at radius 3 is 2.71 bits per heavy atom. The molecule has 0 bridgehead atoms. The number of thioether (sulfide) groups is 1. The van der Waals surface area contributed by atoms with E-state index >= 15 is 0 Å². The maximum Gasteiger partial charge on any atom is 0.321 e. The predicted molar refractivity (Wildman–Crippen MR) is 100 cm³/mol. The molecule has 1 atom stereocenters. The molecule has 2 rings (SSSR count). The Morgan fingerprint density at radius 2 is 2.08 bits per heavy atom. The molecule has 6 nitrogen and oxygen atoms in total. The molecule has 0 fully saturated rings. The highest BCUT2D eigenvalue weighted by molar-refractivity contribution is 7.98. The first-order valence-electron chi connectivity index (χ1n) is 7.21. The number of aryl methyl sites for hydroxylation is 1. The van der Waals surface area contributed by atoms with Crippen LogP contribution in [0.4, 0.5) is 5.69 Å². The van der Waals surface area contributed by atoms with E-state index in [9.17, 15) is 4.79 Å². The van der Waals surface area contributed by atoms with Crippen LogP contribution in [0.25, 0.3) is 0 Å². The number of halogens is 1. The third-order valence-corrected chi connectivity index (χ3v) is 3.82. The summed E-state index contributed by atoms with van der Waals surface area (Å²) in [4.78, 5) is 20.1. The Kier molecular flexibility index (Phi) is 8.53. The van der Waals surface area contributed by atoms with Crippen molar-refractivity contribution in [2.45, 2.75) is 19.4 Å². The second-order valence-corrected chi connectivity index (χ2v) is 5.97. The van der Waals surface area contributed by atoms with Gasteiger partial charge >= 0.3 is 6.01 Å². The molecular weight excluding hydrogens is 348 g/mol. The summed E-state index contributed by atoms with van der Waals surface area (Å²) >= 11 is 1.67. The number of hydrogen-bond donors (Lipinski definition) is 2. The predicted octanol–water partition coefficient (Wildman–Crippen LogP) is 3.02. The summed E-state index contributed by atoms with van der Waals surface area (Å²) in [6, 6.07) is 6.86. The zero-order valence-corrected chi connectivity index (χ0v) is 15.2. The molecule has 3 N–H and O–H groups in total. The summed E-state index contributed by atoms with van der Waals surface area (Å²) in [5.74, 6) is 1.29.